The molecule has 184 valence electrons. The van der Waals surface area contributed by atoms with Crippen molar-refractivity contribution in [3.8, 4) is 0 Å². The number of aliphatic hydroxyl groups is 1. The highest BCUT2D eigenvalue weighted by molar-refractivity contribution is 6.04. The Labute approximate surface area is 197 Å². The van der Waals surface area contributed by atoms with Gasteiger partial charge in [0, 0.05) is 12.1 Å². The molecule has 4 rings (SSSR count). The number of likely N-dealkylation sites (tertiary alicyclic amines) is 2. The van der Waals surface area contributed by atoms with Crippen molar-refractivity contribution in [3.63, 3.8) is 0 Å². The number of pyridine rings is 1. The van der Waals surface area contributed by atoms with Gasteiger partial charge in [0.25, 0.3) is 5.91 Å². The Morgan fingerprint density at radius 3 is 1.97 bits per heavy atom. The van der Waals surface area contributed by atoms with Crippen molar-refractivity contribution in [3.05, 3.63) is 59.0 Å². The van der Waals surface area contributed by atoms with Gasteiger partial charge >= 0.3 is 0 Å². The first-order valence-corrected chi connectivity index (χ1v) is 11.7. The van der Waals surface area contributed by atoms with Crippen molar-refractivity contribution in [2.24, 2.45) is 11.8 Å². The van der Waals surface area contributed by atoms with E-state index in [1.165, 1.54) is 6.07 Å². The Kier molecular flexibility index (Phi) is 7.25. The van der Waals surface area contributed by atoms with Gasteiger partial charge in [-0.1, -0.05) is 6.07 Å². The minimum absolute atomic E-state index is 0.00236. The van der Waals surface area contributed by atoms with Gasteiger partial charge in [0.1, 0.15) is 34.4 Å². The fraction of sp³-hybridized carbons (Fsp3) is 0.520. The van der Waals surface area contributed by atoms with E-state index in [0.717, 1.165) is 51.9 Å². The summed E-state index contributed by atoms with van der Waals surface area (Å²) in [5.74, 6) is -4.68. The average Bonchev–Trinajstić information content (AvgIpc) is 2.79. The zero-order chi connectivity index (χ0) is 24.5. The van der Waals surface area contributed by atoms with Crippen molar-refractivity contribution in [1.29, 1.82) is 0 Å². The molecule has 34 heavy (non-hydrogen) atoms. The van der Waals surface area contributed by atoms with E-state index in [1.54, 1.807) is 12.1 Å². The highest BCUT2D eigenvalue weighted by Crippen LogP contribution is 2.45. The first kappa shape index (κ1) is 24.6. The maximum absolute atomic E-state index is 14.1. The largest absolute Gasteiger partial charge is 0.383 e. The van der Waals surface area contributed by atoms with Crippen LogP contribution in [0.2, 0.25) is 0 Å². The smallest absolute Gasteiger partial charge is 0.262 e. The summed E-state index contributed by atoms with van der Waals surface area (Å²) >= 11 is 0. The summed E-state index contributed by atoms with van der Waals surface area (Å²) < 4.78 is 41.4. The number of piperidine rings is 2. The number of carbonyl (C=O) groups excluding carboxylic acids is 1. The molecule has 0 bridgehead atoms. The van der Waals surface area contributed by atoms with Crippen LogP contribution in [0.1, 0.15) is 41.7 Å². The van der Waals surface area contributed by atoms with E-state index in [9.17, 15) is 23.1 Å². The van der Waals surface area contributed by atoms with Crippen LogP contribution in [-0.2, 0) is 5.60 Å². The third-order valence-corrected chi connectivity index (χ3v) is 7.32. The highest BCUT2D eigenvalue weighted by atomic mass is 19.1. The number of anilines is 1. The molecule has 0 saturated carbocycles. The van der Waals surface area contributed by atoms with Crippen LogP contribution in [-0.4, -0.2) is 66.1 Å². The third-order valence-electron chi connectivity index (χ3n) is 7.32. The molecule has 0 atom stereocenters. The molecule has 0 aliphatic carbocycles. The van der Waals surface area contributed by atoms with E-state index in [4.69, 9.17) is 0 Å². The Morgan fingerprint density at radius 1 is 0.971 bits per heavy atom. The van der Waals surface area contributed by atoms with Crippen LogP contribution in [0.4, 0.5) is 19.0 Å². The first-order valence-electron chi connectivity index (χ1n) is 11.7. The van der Waals surface area contributed by atoms with E-state index >= 15 is 0 Å². The van der Waals surface area contributed by atoms with Crippen LogP contribution in [0.5, 0.6) is 0 Å². The second-order valence-corrected chi connectivity index (χ2v) is 9.59. The van der Waals surface area contributed by atoms with Gasteiger partial charge in [0.15, 0.2) is 0 Å². The van der Waals surface area contributed by atoms with Crippen molar-refractivity contribution in [2.45, 2.75) is 31.3 Å². The summed E-state index contributed by atoms with van der Waals surface area (Å²) in [7, 11) is 4.12. The van der Waals surface area contributed by atoms with E-state index in [2.05, 4.69) is 34.2 Å². The summed E-state index contributed by atoms with van der Waals surface area (Å²) in [5.41, 5.74) is -1.61. The lowest BCUT2D eigenvalue weighted by molar-refractivity contribution is -0.110. The fourth-order valence-corrected chi connectivity index (χ4v) is 5.31. The second-order valence-electron chi connectivity index (χ2n) is 9.59. The Morgan fingerprint density at radius 2 is 1.47 bits per heavy atom. The molecule has 2 aliphatic heterocycles. The van der Waals surface area contributed by atoms with Crippen LogP contribution in [0.3, 0.4) is 0 Å². The Balaban J connectivity index is 1.64. The summed E-state index contributed by atoms with van der Waals surface area (Å²) in [6.45, 7) is 3.50. The standard InChI is InChI=1S/C25H31F3N4O2/c1-31-10-6-16(7-11-31)25(34,17-8-12-32(2)13-9-17)21-4-3-5-22(29-21)30-24(33)23-19(27)14-18(26)15-20(23)28/h3-5,14-17,34H,6-13H2,1-2H3,(H,29,30,33). The molecule has 1 aromatic heterocycles. The summed E-state index contributed by atoms with van der Waals surface area (Å²) in [5, 5.41) is 14.6. The molecule has 0 radical (unpaired) electrons. The Bertz CT molecular complexity index is 990. The quantitative estimate of drug-likeness (QED) is 0.690. The summed E-state index contributed by atoms with van der Waals surface area (Å²) in [6, 6.07) is 5.85. The molecule has 1 amide bonds. The number of nitrogens with zero attached hydrogens (tertiary/aromatic N) is 3. The zero-order valence-electron chi connectivity index (χ0n) is 19.5. The summed E-state index contributed by atoms with van der Waals surface area (Å²) in [4.78, 5) is 21.6. The van der Waals surface area contributed by atoms with Crippen LogP contribution < -0.4 is 5.32 Å². The van der Waals surface area contributed by atoms with Gasteiger partial charge in [-0.3, -0.25) is 4.79 Å². The predicted octanol–water partition coefficient (Wildman–Crippen LogP) is 3.62. The average molecular weight is 477 g/mol. The molecule has 2 N–H and O–H groups in total. The van der Waals surface area contributed by atoms with Crippen molar-refractivity contribution >= 4 is 11.7 Å². The number of hydrogen-bond donors (Lipinski definition) is 2. The van der Waals surface area contributed by atoms with Gasteiger partial charge in [-0.25, -0.2) is 18.2 Å². The minimum atomic E-state index is -1.29. The van der Waals surface area contributed by atoms with E-state index in [0.29, 0.717) is 17.8 Å². The van der Waals surface area contributed by atoms with Crippen LogP contribution >= 0.6 is 0 Å². The van der Waals surface area contributed by atoms with E-state index < -0.39 is 34.5 Å². The second kappa shape index (κ2) is 10.0. The van der Waals surface area contributed by atoms with Crippen molar-refractivity contribution in [1.82, 2.24) is 14.8 Å². The molecular weight excluding hydrogens is 445 g/mol. The highest BCUT2D eigenvalue weighted by Gasteiger charge is 2.47. The fourth-order valence-electron chi connectivity index (χ4n) is 5.31. The lowest BCUT2D eigenvalue weighted by Gasteiger charge is -2.47. The number of benzene rings is 1. The van der Waals surface area contributed by atoms with Crippen molar-refractivity contribution < 1.29 is 23.1 Å². The predicted molar refractivity (Wildman–Crippen MR) is 123 cm³/mol. The number of nitrogens with one attached hydrogen (secondary N) is 1. The third kappa shape index (κ3) is 4.96. The van der Waals surface area contributed by atoms with E-state index in [-0.39, 0.29) is 17.7 Å². The van der Waals surface area contributed by atoms with Gasteiger partial charge in [-0.2, -0.15) is 0 Å². The SMILES string of the molecule is CN1CCC(C(O)(c2cccc(NC(=O)c3c(F)cc(F)cc3F)n2)C2CCN(C)CC2)CC1. The lowest BCUT2D eigenvalue weighted by atomic mass is 9.67. The molecule has 1 aromatic carbocycles. The first-order chi connectivity index (χ1) is 16.2. The molecular formula is C25H31F3N4O2. The number of halogens is 3. The number of hydrogen-bond acceptors (Lipinski definition) is 5. The normalized spacial score (nSPS) is 19.4. The zero-order valence-corrected chi connectivity index (χ0v) is 19.5. The number of rotatable bonds is 5. The van der Waals surface area contributed by atoms with Crippen LogP contribution in [0.25, 0.3) is 0 Å². The van der Waals surface area contributed by atoms with Crippen LogP contribution in [0, 0.1) is 29.3 Å². The lowest BCUT2D eigenvalue weighted by Crippen LogP contribution is -2.50. The van der Waals surface area contributed by atoms with Crippen LogP contribution in [0.15, 0.2) is 30.3 Å². The van der Waals surface area contributed by atoms with E-state index in [1.807, 2.05) is 0 Å². The summed E-state index contributed by atoms with van der Waals surface area (Å²) in [6.07, 6.45) is 3.29. The van der Waals surface area contributed by atoms with Crippen molar-refractivity contribution in [2.75, 3.05) is 45.6 Å². The molecule has 9 heteroatoms. The molecule has 2 aliphatic rings. The number of amides is 1. The molecule has 2 aromatic rings. The monoisotopic (exact) mass is 476 g/mol. The van der Waals surface area contributed by atoms with Gasteiger partial charge in [-0.15, -0.1) is 0 Å². The number of carbonyl (C=O) groups is 1. The Hall–Kier alpha value is -2.49. The van der Waals surface area contributed by atoms with Gasteiger partial charge in [-0.05, 0) is 89.9 Å². The van der Waals surface area contributed by atoms with Gasteiger partial charge < -0.3 is 20.2 Å². The maximum atomic E-state index is 14.1. The molecule has 2 fully saturated rings. The van der Waals surface area contributed by atoms with Gasteiger partial charge in [0.05, 0.1) is 5.69 Å². The number of aromatic nitrogens is 1. The minimum Gasteiger partial charge on any atom is -0.383 e. The molecule has 0 spiro atoms. The molecule has 6 nitrogen and oxygen atoms in total. The topological polar surface area (TPSA) is 68.7 Å². The molecule has 2 saturated heterocycles. The van der Waals surface area contributed by atoms with Gasteiger partial charge in [0.2, 0.25) is 0 Å². The molecule has 0 unspecified atom stereocenters. The maximum Gasteiger partial charge on any atom is 0.262 e. The molecule has 3 heterocycles.